The van der Waals surface area contributed by atoms with Gasteiger partial charge in [0.1, 0.15) is 11.3 Å². The van der Waals surface area contributed by atoms with E-state index in [0.29, 0.717) is 5.57 Å². The van der Waals surface area contributed by atoms with E-state index >= 15 is 0 Å². The lowest BCUT2D eigenvalue weighted by Crippen LogP contribution is -2.73. The molecule has 2 aliphatic carbocycles. The Hall–Kier alpha value is -1.45. The molecule has 16 heavy (non-hydrogen) atoms. The molecule has 8 N–H and O–H groups in total. The number of carbonyl (C=O) groups is 1. The van der Waals surface area contributed by atoms with Gasteiger partial charge in [-0.1, -0.05) is 12.0 Å². The molecule has 0 heterocycles. The molecule has 0 bridgehead atoms. The van der Waals surface area contributed by atoms with Gasteiger partial charge in [-0.15, -0.1) is 6.42 Å². The number of nitrogens with two attached hydrogens (primary N) is 4. The first-order valence-electron chi connectivity index (χ1n) is 4.84. The molecule has 1 saturated carbocycles. The quantitative estimate of drug-likeness (QED) is 0.285. The van der Waals surface area contributed by atoms with Crippen molar-refractivity contribution in [2.75, 3.05) is 0 Å². The molecule has 1 atom stereocenters. The molecule has 0 amide bonds. The van der Waals surface area contributed by atoms with Gasteiger partial charge in [-0.3, -0.25) is 4.79 Å². The zero-order chi connectivity index (χ0) is 12.2. The fourth-order valence-electron chi connectivity index (χ4n) is 2.31. The van der Waals surface area contributed by atoms with E-state index in [0.717, 1.165) is 0 Å². The largest absolute Gasteiger partial charge is 0.310 e. The van der Waals surface area contributed by atoms with Crippen LogP contribution in [-0.2, 0) is 4.79 Å². The summed E-state index contributed by atoms with van der Waals surface area (Å²) in [6.45, 7) is 0. The molecule has 1 fully saturated rings. The smallest absolute Gasteiger partial charge is 0.178 e. The second-order valence-corrected chi connectivity index (χ2v) is 4.50. The molecule has 0 radical (unpaired) electrons. The van der Waals surface area contributed by atoms with Crippen molar-refractivity contribution in [2.45, 2.75) is 17.7 Å². The van der Waals surface area contributed by atoms with Crippen molar-refractivity contribution >= 4 is 5.78 Å². The number of terminal acetylenes is 1. The third-order valence-corrected chi connectivity index (χ3v) is 3.34. The van der Waals surface area contributed by atoms with Gasteiger partial charge in [0.25, 0.3) is 0 Å². The third kappa shape index (κ3) is 1.13. The highest BCUT2D eigenvalue weighted by Crippen LogP contribution is 2.50. The molecule has 0 aromatic rings. The van der Waals surface area contributed by atoms with Gasteiger partial charge < -0.3 is 22.9 Å². The SMILES string of the molecule is C#CC12C=CC(=O)C=C1C(N)(N)C(N)(N)C2. The lowest BCUT2D eigenvalue weighted by molar-refractivity contribution is -0.110. The number of fused-ring (bicyclic) bond motifs is 1. The topological polar surface area (TPSA) is 121 Å². The summed E-state index contributed by atoms with van der Waals surface area (Å²) in [6, 6.07) is 0. The zero-order valence-electron chi connectivity index (χ0n) is 8.73. The Morgan fingerprint density at radius 1 is 1.31 bits per heavy atom. The molecular formula is C11H14N4O. The molecule has 0 saturated heterocycles. The summed E-state index contributed by atoms with van der Waals surface area (Å²) >= 11 is 0. The van der Waals surface area contributed by atoms with E-state index in [2.05, 4.69) is 5.92 Å². The summed E-state index contributed by atoms with van der Waals surface area (Å²) in [4.78, 5) is 11.3. The van der Waals surface area contributed by atoms with Gasteiger partial charge in [0.05, 0.1) is 5.41 Å². The minimum Gasteiger partial charge on any atom is -0.310 e. The van der Waals surface area contributed by atoms with E-state index < -0.39 is 16.7 Å². The normalized spacial score (nSPS) is 34.2. The van der Waals surface area contributed by atoms with Crippen molar-refractivity contribution < 1.29 is 4.79 Å². The molecule has 2 rings (SSSR count). The molecule has 0 aromatic carbocycles. The highest BCUT2D eigenvalue weighted by atomic mass is 16.1. The second kappa shape index (κ2) is 2.81. The van der Waals surface area contributed by atoms with Gasteiger partial charge in [-0.25, -0.2) is 0 Å². The first-order chi connectivity index (χ1) is 7.25. The fourth-order valence-corrected chi connectivity index (χ4v) is 2.31. The van der Waals surface area contributed by atoms with Gasteiger partial charge in [0.15, 0.2) is 5.78 Å². The molecule has 0 aliphatic heterocycles. The van der Waals surface area contributed by atoms with Crippen LogP contribution in [0.2, 0.25) is 0 Å². The first kappa shape index (κ1) is 11.0. The maximum atomic E-state index is 11.3. The summed E-state index contributed by atoms with van der Waals surface area (Å²) in [7, 11) is 0. The van der Waals surface area contributed by atoms with Crippen LogP contribution in [0, 0.1) is 17.8 Å². The average Bonchev–Trinajstić information content (AvgIpc) is 2.34. The van der Waals surface area contributed by atoms with Crippen LogP contribution in [0.5, 0.6) is 0 Å². The Kier molecular flexibility index (Phi) is 1.94. The predicted octanol–water partition coefficient (Wildman–Crippen LogP) is -1.70. The van der Waals surface area contributed by atoms with Crippen LogP contribution in [0.3, 0.4) is 0 Å². The average molecular weight is 218 g/mol. The Morgan fingerprint density at radius 2 is 1.94 bits per heavy atom. The lowest BCUT2D eigenvalue weighted by Gasteiger charge is -2.34. The monoisotopic (exact) mass is 218 g/mol. The van der Waals surface area contributed by atoms with Crippen LogP contribution < -0.4 is 22.9 Å². The van der Waals surface area contributed by atoms with E-state index in [-0.39, 0.29) is 12.2 Å². The maximum absolute atomic E-state index is 11.3. The Balaban J connectivity index is 2.66. The molecule has 5 nitrogen and oxygen atoms in total. The Morgan fingerprint density at radius 3 is 2.50 bits per heavy atom. The van der Waals surface area contributed by atoms with Gasteiger partial charge >= 0.3 is 0 Å². The third-order valence-electron chi connectivity index (χ3n) is 3.34. The summed E-state index contributed by atoms with van der Waals surface area (Å²) in [5.41, 5.74) is 20.3. The van der Waals surface area contributed by atoms with Gasteiger partial charge in [-0.05, 0) is 17.7 Å². The lowest BCUT2D eigenvalue weighted by atomic mass is 9.78. The van der Waals surface area contributed by atoms with Crippen molar-refractivity contribution in [3.05, 3.63) is 23.8 Å². The number of carbonyl (C=O) groups excluding carboxylic acids is 1. The van der Waals surface area contributed by atoms with Crippen molar-refractivity contribution in [2.24, 2.45) is 28.3 Å². The van der Waals surface area contributed by atoms with Crippen molar-refractivity contribution in [3.8, 4) is 12.3 Å². The second-order valence-electron chi connectivity index (χ2n) is 4.50. The standard InChI is InChI=1S/C11H14N4O/c1-2-9-4-3-7(16)5-8(9)11(14,15)10(12,13)6-9/h1,3-5H,6,12-15H2. The minimum atomic E-state index is -1.47. The summed E-state index contributed by atoms with van der Waals surface area (Å²) in [5.74, 6) is 2.37. The van der Waals surface area contributed by atoms with Crippen LogP contribution in [0.1, 0.15) is 6.42 Å². The van der Waals surface area contributed by atoms with Crippen LogP contribution in [0.25, 0.3) is 0 Å². The summed E-state index contributed by atoms with van der Waals surface area (Å²) in [6.07, 6.45) is 10.0. The first-order valence-corrected chi connectivity index (χ1v) is 4.84. The highest BCUT2D eigenvalue weighted by molar-refractivity contribution is 6.02. The highest BCUT2D eigenvalue weighted by Gasteiger charge is 2.60. The van der Waals surface area contributed by atoms with Crippen LogP contribution in [-0.4, -0.2) is 17.1 Å². The maximum Gasteiger partial charge on any atom is 0.178 e. The minimum absolute atomic E-state index is 0.209. The molecule has 5 heteroatoms. The van der Waals surface area contributed by atoms with E-state index in [1.807, 2.05) is 0 Å². The Labute approximate surface area is 93.5 Å². The summed E-state index contributed by atoms with van der Waals surface area (Å²) < 4.78 is 0. The van der Waals surface area contributed by atoms with Crippen LogP contribution in [0.4, 0.5) is 0 Å². The molecule has 0 aromatic heterocycles. The van der Waals surface area contributed by atoms with Crippen molar-refractivity contribution in [3.63, 3.8) is 0 Å². The molecule has 84 valence electrons. The van der Waals surface area contributed by atoms with Gasteiger partial charge in [0, 0.05) is 6.42 Å². The summed E-state index contributed by atoms with van der Waals surface area (Å²) in [5, 5.41) is 0. The predicted molar refractivity (Wildman–Crippen MR) is 60.3 cm³/mol. The van der Waals surface area contributed by atoms with E-state index in [1.54, 1.807) is 6.08 Å². The molecule has 0 spiro atoms. The molecule has 2 aliphatic rings. The fraction of sp³-hybridized carbons (Fsp3) is 0.364. The number of hydrogen-bond donors (Lipinski definition) is 4. The van der Waals surface area contributed by atoms with Crippen LogP contribution >= 0.6 is 0 Å². The molecular weight excluding hydrogens is 204 g/mol. The zero-order valence-corrected chi connectivity index (χ0v) is 8.73. The number of ketones is 1. The van der Waals surface area contributed by atoms with Gasteiger partial charge in [-0.2, -0.15) is 0 Å². The number of allylic oxidation sites excluding steroid dienone is 3. The number of rotatable bonds is 0. The van der Waals surface area contributed by atoms with E-state index in [9.17, 15) is 4.79 Å². The van der Waals surface area contributed by atoms with Crippen molar-refractivity contribution in [1.82, 2.24) is 0 Å². The number of hydrogen-bond acceptors (Lipinski definition) is 5. The van der Waals surface area contributed by atoms with E-state index in [1.165, 1.54) is 12.2 Å². The van der Waals surface area contributed by atoms with Crippen molar-refractivity contribution in [1.29, 1.82) is 0 Å². The van der Waals surface area contributed by atoms with E-state index in [4.69, 9.17) is 29.4 Å². The molecule has 1 unspecified atom stereocenters. The Bertz CT molecular complexity index is 467. The van der Waals surface area contributed by atoms with Gasteiger partial charge in [0.2, 0.25) is 0 Å². The van der Waals surface area contributed by atoms with Crippen LogP contribution in [0.15, 0.2) is 23.8 Å².